The second kappa shape index (κ2) is 11.4. The highest BCUT2D eigenvalue weighted by Crippen LogP contribution is 2.36. The zero-order valence-corrected chi connectivity index (χ0v) is 20.4. The Kier molecular flexibility index (Phi) is 8.35. The molecule has 0 amide bonds. The second-order valence-electron chi connectivity index (χ2n) is 9.61. The van der Waals surface area contributed by atoms with Gasteiger partial charge in [-0.1, -0.05) is 81.0 Å². The van der Waals surface area contributed by atoms with Crippen LogP contribution >= 0.6 is 7.60 Å². The fourth-order valence-electron chi connectivity index (χ4n) is 5.19. The zero-order valence-electron chi connectivity index (χ0n) is 19.5. The highest BCUT2D eigenvalue weighted by molar-refractivity contribution is 7.51. The molecule has 0 spiro atoms. The molecular formula is C28H36NO3P. The fourth-order valence-corrected chi connectivity index (χ4v) is 5.83. The minimum absolute atomic E-state index is 0.0262. The number of hydrogen-bond donors (Lipinski definition) is 2. The molecule has 0 radical (unpaired) electrons. The molecule has 0 aliphatic heterocycles. The van der Waals surface area contributed by atoms with E-state index in [4.69, 9.17) is 9.79 Å². The first-order valence-corrected chi connectivity index (χ1v) is 14.3. The summed E-state index contributed by atoms with van der Waals surface area (Å²) in [6.45, 7) is 0. The molecule has 5 heteroatoms. The van der Waals surface area contributed by atoms with Gasteiger partial charge in [0.1, 0.15) is 0 Å². The molecule has 0 saturated heterocycles. The van der Waals surface area contributed by atoms with Crippen LogP contribution in [-0.2, 0) is 17.4 Å². The lowest BCUT2D eigenvalue weighted by molar-refractivity contribution is 0.339. The average Bonchev–Trinajstić information content (AvgIpc) is 2.83. The summed E-state index contributed by atoms with van der Waals surface area (Å²) in [5, 5.41) is 1.17. The lowest BCUT2D eigenvalue weighted by Crippen LogP contribution is -2.07. The standard InChI is InChI=1S/C28H36NO3P/c30-33(31,32)21-6-2-5-10-25-18-19-26(27-11-7-20-29-28(25)27)24-16-14-23(15-17-24)13-12-22-8-3-1-4-9-22/h7,11,14-20,22H,1-6,8-10,12-13,21H2,(H2,30,31,32). The summed E-state index contributed by atoms with van der Waals surface area (Å²) >= 11 is 0. The Morgan fingerprint density at radius 3 is 2.42 bits per heavy atom. The van der Waals surface area contributed by atoms with Crippen molar-refractivity contribution in [2.24, 2.45) is 5.92 Å². The Hall–Kier alpha value is -2.00. The van der Waals surface area contributed by atoms with Gasteiger partial charge in [-0.3, -0.25) is 9.55 Å². The third kappa shape index (κ3) is 6.99. The quantitative estimate of drug-likeness (QED) is 0.243. The van der Waals surface area contributed by atoms with Crippen LogP contribution in [0.5, 0.6) is 0 Å². The number of pyridine rings is 1. The lowest BCUT2D eigenvalue weighted by Gasteiger charge is -2.21. The van der Waals surface area contributed by atoms with Crippen molar-refractivity contribution >= 4 is 18.5 Å². The van der Waals surface area contributed by atoms with E-state index in [1.165, 1.54) is 72.6 Å². The molecule has 3 aromatic rings. The van der Waals surface area contributed by atoms with Gasteiger partial charge in [-0.05, 0) is 66.3 Å². The Bertz CT molecular complexity index is 1080. The summed E-state index contributed by atoms with van der Waals surface area (Å²) in [7, 11) is -3.89. The normalized spacial score (nSPS) is 15.2. The predicted octanol–water partition coefficient (Wildman–Crippen LogP) is 7.31. The molecule has 1 aliphatic carbocycles. The largest absolute Gasteiger partial charge is 0.325 e. The van der Waals surface area contributed by atoms with E-state index >= 15 is 0 Å². The third-order valence-corrected chi connectivity index (χ3v) is 7.98. The van der Waals surface area contributed by atoms with Crippen molar-refractivity contribution in [3.05, 3.63) is 65.9 Å². The molecule has 1 fully saturated rings. The summed E-state index contributed by atoms with van der Waals surface area (Å²) in [6, 6.07) is 17.6. The van der Waals surface area contributed by atoms with Gasteiger partial charge in [-0.15, -0.1) is 0 Å². The van der Waals surface area contributed by atoms with Crippen molar-refractivity contribution in [3.8, 4) is 11.1 Å². The van der Waals surface area contributed by atoms with E-state index in [0.29, 0.717) is 6.42 Å². The van der Waals surface area contributed by atoms with Gasteiger partial charge >= 0.3 is 7.60 Å². The molecule has 0 unspecified atom stereocenters. The van der Waals surface area contributed by atoms with Crippen molar-refractivity contribution in [2.75, 3.05) is 6.16 Å². The van der Waals surface area contributed by atoms with Gasteiger partial charge in [0.15, 0.2) is 0 Å². The highest BCUT2D eigenvalue weighted by atomic mass is 31.2. The van der Waals surface area contributed by atoms with Gasteiger partial charge in [0.25, 0.3) is 0 Å². The molecule has 33 heavy (non-hydrogen) atoms. The number of rotatable bonds is 10. The van der Waals surface area contributed by atoms with E-state index in [0.717, 1.165) is 30.7 Å². The number of benzene rings is 2. The monoisotopic (exact) mass is 465 g/mol. The number of fused-ring (bicyclic) bond motifs is 1. The van der Waals surface area contributed by atoms with E-state index in [-0.39, 0.29) is 6.16 Å². The predicted molar refractivity (Wildman–Crippen MR) is 137 cm³/mol. The van der Waals surface area contributed by atoms with Crippen molar-refractivity contribution in [3.63, 3.8) is 0 Å². The molecule has 1 heterocycles. The number of unbranched alkanes of at least 4 members (excludes halogenated alkanes) is 2. The van der Waals surface area contributed by atoms with Crippen LogP contribution in [0, 0.1) is 5.92 Å². The molecule has 4 rings (SSSR count). The van der Waals surface area contributed by atoms with E-state index in [1.807, 2.05) is 12.3 Å². The number of aryl methyl sites for hydroxylation is 2. The SMILES string of the molecule is O=P(O)(O)CCCCCc1ccc(-c2ccc(CCC3CCCCC3)cc2)c2cccnc12. The van der Waals surface area contributed by atoms with Gasteiger partial charge < -0.3 is 9.79 Å². The Morgan fingerprint density at radius 2 is 1.67 bits per heavy atom. The van der Waals surface area contributed by atoms with Crippen LogP contribution in [-0.4, -0.2) is 20.9 Å². The second-order valence-corrected chi connectivity index (χ2v) is 11.4. The summed E-state index contributed by atoms with van der Waals surface area (Å²) in [6.07, 6.45) is 14.5. The number of nitrogens with zero attached hydrogens (tertiary/aromatic N) is 1. The average molecular weight is 466 g/mol. The van der Waals surface area contributed by atoms with Crippen LogP contribution < -0.4 is 0 Å². The summed E-state index contributed by atoms with van der Waals surface area (Å²) in [5.74, 6) is 0.915. The Morgan fingerprint density at radius 1 is 0.879 bits per heavy atom. The number of aromatic nitrogens is 1. The number of hydrogen-bond acceptors (Lipinski definition) is 2. The highest BCUT2D eigenvalue weighted by Gasteiger charge is 2.14. The van der Waals surface area contributed by atoms with Crippen molar-refractivity contribution in [1.82, 2.24) is 4.98 Å². The molecule has 2 N–H and O–H groups in total. The van der Waals surface area contributed by atoms with Gasteiger partial charge in [0.05, 0.1) is 5.52 Å². The maximum absolute atomic E-state index is 11.0. The van der Waals surface area contributed by atoms with Crippen LogP contribution in [0.15, 0.2) is 54.7 Å². The minimum atomic E-state index is -3.89. The van der Waals surface area contributed by atoms with Gasteiger partial charge in [-0.25, -0.2) is 0 Å². The summed E-state index contributed by atoms with van der Waals surface area (Å²) in [5.41, 5.74) is 6.10. The third-order valence-electron chi connectivity index (χ3n) is 7.08. The van der Waals surface area contributed by atoms with Crippen molar-refractivity contribution < 1.29 is 14.4 Å². The lowest BCUT2D eigenvalue weighted by atomic mass is 9.85. The molecule has 1 aromatic heterocycles. The van der Waals surface area contributed by atoms with Crippen LogP contribution in [0.2, 0.25) is 0 Å². The molecule has 2 aromatic carbocycles. The first-order valence-electron chi connectivity index (χ1n) is 12.5. The topological polar surface area (TPSA) is 70.4 Å². The molecule has 176 valence electrons. The van der Waals surface area contributed by atoms with Crippen LogP contribution in [0.4, 0.5) is 0 Å². The van der Waals surface area contributed by atoms with E-state index < -0.39 is 7.60 Å². The minimum Gasteiger partial charge on any atom is -0.324 e. The Balaban J connectivity index is 1.42. The van der Waals surface area contributed by atoms with Gasteiger partial charge in [-0.2, -0.15) is 0 Å². The summed E-state index contributed by atoms with van der Waals surface area (Å²) in [4.78, 5) is 22.7. The van der Waals surface area contributed by atoms with Gasteiger partial charge in [0.2, 0.25) is 0 Å². The molecule has 1 saturated carbocycles. The van der Waals surface area contributed by atoms with Crippen molar-refractivity contribution in [2.45, 2.75) is 70.6 Å². The Labute approximate surface area is 197 Å². The molecule has 4 nitrogen and oxygen atoms in total. The van der Waals surface area contributed by atoms with Crippen LogP contribution in [0.1, 0.15) is 68.9 Å². The van der Waals surface area contributed by atoms with E-state index in [9.17, 15) is 4.57 Å². The first kappa shape index (κ1) is 24.1. The maximum Gasteiger partial charge on any atom is 0.325 e. The molecule has 0 bridgehead atoms. The van der Waals surface area contributed by atoms with Crippen LogP contribution in [0.25, 0.3) is 22.0 Å². The van der Waals surface area contributed by atoms with E-state index in [2.05, 4.69) is 47.4 Å². The maximum atomic E-state index is 11.0. The van der Waals surface area contributed by atoms with Gasteiger partial charge in [0, 0.05) is 17.7 Å². The van der Waals surface area contributed by atoms with Crippen molar-refractivity contribution in [1.29, 1.82) is 0 Å². The molecule has 0 atom stereocenters. The van der Waals surface area contributed by atoms with E-state index in [1.54, 1.807) is 0 Å². The summed E-state index contributed by atoms with van der Waals surface area (Å²) < 4.78 is 11.0. The first-order chi connectivity index (χ1) is 16.0. The zero-order chi connectivity index (χ0) is 23.1. The fraction of sp³-hybridized carbons (Fsp3) is 0.464. The van der Waals surface area contributed by atoms with Crippen LogP contribution in [0.3, 0.4) is 0 Å². The smallest absolute Gasteiger partial charge is 0.324 e. The molecule has 1 aliphatic rings. The molecular weight excluding hydrogens is 429 g/mol.